The Morgan fingerprint density at radius 2 is 1.73 bits per heavy atom. The number of carbonyl (C=O) groups excluding carboxylic acids is 1. The number of carbonyl (C=O) groups is 1. The second-order valence-electron chi connectivity index (χ2n) is 8.36. The molecule has 33 heavy (non-hydrogen) atoms. The predicted octanol–water partition coefficient (Wildman–Crippen LogP) is 4.05. The van der Waals surface area contributed by atoms with Gasteiger partial charge in [-0.05, 0) is 43.5 Å². The SMILES string of the molecule is CCC(=O)N(c1ccccc1)C1CCN(CCc2ccccc2)CC1.NCCc1c[nH]cn1. The van der Waals surface area contributed by atoms with Crippen LogP contribution in [0.15, 0.2) is 73.2 Å². The lowest BCUT2D eigenvalue weighted by Crippen LogP contribution is -2.47. The molecule has 0 unspecified atom stereocenters. The molecule has 0 aliphatic carbocycles. The number of likely N-dealkylation sites (tertiary alicyclic amines) is 1. The van der Waals surface area contributed by atoms with Crippen molar-refractivity contribution in [1.82, 2.24) is 14.9 Å². The Morgan fingerprint density at radius 1 is 1.06 bits per heavy atom. The number of imidazole rings is 1. The first-order valence-corrected chi connectivity index (χ1v) is 12.0. The van der Waals surface area contributed by atoms with E-state index in [2.05, 4.69) is 57.3 Å². The summed E-state index contributed by atoms with van der Waals surface area (Å²) in [6, 6.07) is 21.1. The number of hydrogen-bond acceptors (Lipinski definition) is 4. The lowest BCUT2D eigenvalue weighted by atomic mass is 10.0. The number of rotatable bonds is 8. The molecule has 1 fully saturated rings. The van der Waals surface area contributed by atoms with E-state index in [0.717, 1.165) is 56.7 Å². The third-order valence-electron chi connectivity index (χ3n) is 6.04. The van der Waals surface area contributed by atoms with Crippen LogP contribution in [0.1, 0.15) is 37.4 Å². The van der Waals surface area contributed by atoms with Gasteiger partial charge in [0.1, 0.15) is 0 Å². The number of para-hydroxylation sites is 1. The van der Waals surface area contributed by atoms with E-state index in [0.29, 0.717) is 19.0 Å². The Kier molecular flexibility index (Phi) is 10.1. The van der Waals surface area contributed by atoms with Crippen LogP contribution in [0.4, 0.5) is 5.69 Å². The smallest absolute Gasteiger partial charge is 0.226 e. The van der Waals surface area contributed by atoms with Crippen LogP contribution in [0.25, 0.3) is 0 Å². The summed E-state index contributed by atoms with van der Waals surface area (Å²) in [5.74, 6) is 0.230. The third kappa shape index (κ3) is 7.84. The summed E-state index contributed by atoms with van der Waals surface area (Å²) in [5, 5.41) is 0. The maximum atomic E-state index is 12.5. The number of hydrogen-bond donors (Lipinski definition) is 2. The van der Waals surface area contributed by atoms with E-state index in [9.17, 15) is 4.79 Å². The van der Waals surface area contributed by atoms with Gasteiger partial charge in [-0.1, -0.05) is 55.5 Å². The summed E-state index contributed by atoms with van der Waals surface area (Å²) in [7, 11) is 0. The van der Waals surface area contributed by atoms with Crippen molar-refractivity contribution in [3.05, 3.63) is 84.4 Å². The van der Waals surface area contributed by atoms with Crippen LogP contribution in [0.5, 0.6) is 0 Å². The van der Waals surface area contributed by atoms with Crippen LogP contribution < -0.4 is 10.6 Å². The number of aromatic amines is 1. The van der Waals surface area contributed by atoms with E-state index in [-0.39, 0.29) is 5.91 Å². The number of piperidine rings is 1. The largest absolute Gasteiger partial charge is 0.351 e. The van der Waals surface area contributed by atoms with Crippen molar-refractivity contribution in [2.45, 2.75) is 45.1 Å². The molecule has 1 amide bonds. The molecule has 3 N–H and O–H groups in total. The topological polar surface area (TPSA) is 78.3 Å². The molecular formula is C27H37N5O. The normalized spacial score (nSPS) is 14.4. The first-order chi connectivity index (χ1) is 16.2. The second kappa shape index (κ2) is 13.6. The molecule has 3 aromatic rings. The lowest BCUT2D eigenvalue weighted by molar-refractivity contribution is -0.119. The fraction of sp³-hybridized carbons (Fsp3) is 0.407. The highest BCUT2D eigenvalue weighted by molar-refractivity contribution is 5.93. The summed E-state index contributed by atoms with van der Waals surface area (Å²) in [6.45, 7) is 5.86. The summed E-state index contributed by atoms with van der Waals surface area (Å²) in [4.78, 5) is 23.9. The highest BCUT2D eigenvalue weighted by Crippen LogP contribution is 2.24. The minimum Gasteiger partial charge on any atom is -0.351 e. The van der Waals surface area contributed by atoms with E-state index < -0.39 is 0 Å². The number of nitrogens with one attached hydrogen (secondary N) is 1. The van der Waals surface area contributed by atoms with Gasteiger partial charge in [-0.25, -0.2) is 4.98 Å². The Balaban J connectivity index is 0.000000323. The van der Waals surface area contributed by atoms with Crippen molar-refractivity contribution < 1.29 is 4.79 Å². The number of nitrogens with zero attached hydrogens (tertiary/aromatic N) is 3. The molecule has 0 saturated carbocycles. The molecule has 1 aromatic heterocycles. The molecular weight excluding hydrogens is 410 g/mol. The van der Waals surface area contributed by atoms with Crippen LogP contribution in [-0.4, -0.2) is 53.0 Å². The molecule has 6 nitrogen and oxygen atoms in total. The molecule has 1 saturated heterocycles. The van der Waals surface area contributed by atoms with Crippen molar-refractivity contribution in [2.75, 3.05) is 31.1 Å². The Labute approximate surface area is 197 Å². The molecule has 2 aromatic carbocycles. The molecule has 176 valence electrons. The molecule has 2 heterocycles. The van der Waals surface area contributed by atoms with Gasteiger partial charge < -0.3 is 20.5 Å². The highest BCUT2D eigenvalue weighted by atomic mass is 16.2. The van der Waals surface area contributed by atoms with Crippen molar-refractivity contribution in [3.63, 3.8) is 0 Å². The molecule has 1 aliphatic rings. The van der Waals surface area contributed by atoms with Gasteiger partial charge in [0.2, 0.25) is 5.91 Å². The standard InChI is InChI=1S/C22H28N2O.C5H9N3/c1-2-22(25)24(20-11-7-4-8-12-20)21-14-17-23(18-15-21)16-13-19-9-5-3-6-10-19;6-2-1-5-3-7-4-8-5/h3-12,21H,2,13-18H2,1H3;3-4H,1-2,6H2,(H,7,8). The van der Waals surface area contributed by atoms with Crippen LogP contribution in [-0.2, 0) is 17.6 Å². The average Bonchev–Trinajstić information content (AvgIpc) is 3.39. The highest BCUT2D eigenvalue weighted by Gasteiger charge is 2.28. The zero-order chi connectivity index (χ0) is 23.3. The predicted molar refractivity (Wildman–Crippen MR) is 135 cm³/mol. The third-order valence-corrected chi connectivity index (χ3v) is 6.04. The molecule has 6 heteroatoms. The van der Waals surface area contributed by atoms with E-state index >= 15 is 0 Å². The minimum absolute atomic E-state index is 0.230. The van der Waals surface area contributed by atoms with Crippen molar-refractivity contribution in [3.8, 4) is 0 Å². The fourth-order valence-electron chi connectivity index (χ4n) is 4.23. The van der Waals surface area contributed by atoms with Crippen LogP contribution in [0.2, 0.25) is 0 Å². The minimum atomic E-state index is 0.230. The lowest BCUT2D eigenvalue weighted by Gasteiger charge is -2.38. The molecule has 4 rings (SSSR count). The number of nitrogens with two attached hydrogens (primary N) is 1. The zero-order valence-electron chi connectivity index (χ0n) is 19.7. The van der Waals surface area contributed by atoms with Gasteiger partial charge in [-0.2, -0.15) is 0 Å². The number of anilines is 1. The first kappa shape index (κ1) is 24.7. The monoisotopic (exact) mass is 447 g/mol. The Morgan fingerprint density at radius 3 is 2.30 bits per heavy atom. The maximum absolute atomic E-state index is 12.5. The van der Waals surface area contributed by atoms with Crippen LogP contribution >= 0.6 is 0 Å². The summed E-state index contributed by atoms with van der Waals surface area (Å²) in [5.41, 5.74) is 8.74. The Bertz CT molecular complexity index is 906. The van der Waals surface area contributed by atoms with Gasteiger partial charge in [0.15, 0.2) is 0 Å². The van der Waals surface area contributed by atoms with Gasteiger partial charge in [-0.15, -0.1) is 0 Å². The maximum Gasteiger partial charge on any atom is 0.226 e. The van der Waals surface area contributed by atoms with Gasteiger partial charge >= 0.3 is 0 Å². The van der Waals surface area contributed by atoms with Crippen LogP contribution in [0, 0.1) is 0 Å². The van der Waals surface area contributed by atoms with E-state index in [4.69, 9.17) is 5.73 Å². The van der Waals surface area contributed by atoms with E-state index in [1.807, 2.05) is 36.2 Å². The quantitative estimate of drug-likeness (QED) is 0.546. The Hall–Kier alpha value is -2.96. The average molecular weight is 448 g/mol. The van der Waals surface area contributed by atoms with E-state index in [1.165, 1.54) is 5.56 Å². The molecule has 0 bridgehead atoms. The first-order valence-electron chi connectivity index (χ1n) is 12.0. The molecule has 1 aliphatic heterocycles. The molecule has 0 radical (unpaired) electrons. The molecule has 0 spiro atoms. The second-order valence-corrected chi connectivity index (χ2v) is 8.36. The number of H-pyrrole nitrogens is 1. The summed E-state index contributed by atoms with van der Waals surface area (Å²) >= 11 is 0. The van der Waals surface area contributed by atoms with Crippen molar-refractivity contribution in [1.29, 1.82) is 0 Å². The molecule has 0 atom stereocenters. The fourth-order valence-corrected chi connectivity index (χ4v) is 4.23. The number of benzene rings is 2. The summed E-state index contributed by atoms with van der Waals surface area (Å²) < 4.78 is 0. The van der Waals surface area contributed by atoms with Crippen molar-refractivity contribution in [2.24, 2.45) is 5.73 Å². The zero-order valence-corrected chi connectivity index (χ0v) is 19.7. The van der Waals surface area contributed by atoms with E-state index in [1.54, 1.807) is 6.33 Å². The number of aromatic nitrogens is 2. The van der Waals surface area contributed by atoms with Gasteiger partial charge in [0.05, 0.1) is 12.0 Å². The number of amides is 1. The summed E-state index contributed by atoms with van der Waals surface area (Å²) in [6.07, 6.45) is 8.14. The van der Waals surface area contributed by atoms with Gasteiger partial charge in [0, 0.05) is 50.4 Å². The van der Waals surface area contributed by atoms with Crippen LogP contribution in [0.3, 0.4) is 0 Å². The van der Waals surface area contributed by atoms with Gasteiger partial charge in [0.25, 0.3) is 0 Å². The van der Waals surface area contributed by atoms with Gasteiger partial charge in [-0.3, -0.25) is 4.79 Å². The van der Waals surface area contributed by atoms with Crippen molar-refractivity contribution >= 4 is 11.6 Å².